The lowest BCUT2D eigenvalue weighted by Crippen LogP contribution is -2.37. The molecule has 0 aliphatic heterocycles. The summed E-state index contributed by atoms with van der Waals surface area (Å²) in [5.41, 5.74) is 3.85. The van der Waals surface area contributed by atoms with Gasteiger partial charge in [-0.3, -0.25) is 14.2 Å². The molecule has 0 bridgehead atoms. The summed E-state index contributed by atoms with van der Waals surface area (Å²) >= 11 is 0. The maximum atomic E-state index is 12.4. The van der Waals surface area contributed by atoms with Crippen LogP contribution in [0.4, 0.5) is 0 Å². The monoisotopic (exact) mass is 301 g/mol. The third-order valence-corrected chi connectivity index (χ3v) is 4.05. The van der Waals surface area contributed by atoms with Crippen LogP contribution in [0.25, 0.3) is 11.0 Å². The molecule has 1 amide bonds. The van der Waals surface area contributed by atoms with Gasteiger partial charge in [-0.1, -0.05) is 6.92 Å². The van der Waals surface area contributed by atoms with Gasteiger partial charge in [0.1, 0.15) is 12.2 Å². The summed E-state index contributed by atoms with van der Waals surface area (Å²) in [7, 11) is 0. The molecule has 5 heteroatoms. The molecule has 0 spiro atoms. The number of carbonyl (C=O) groups is 1. The van der Waals surface area contributed by atoms with Crippen molar-refractivity contribution in [3.8, 4) is 0 Å². The smallest absolute Gasteiger partial charge is 0.272 e. The highest BCUT2D eigenvalue weighted by molar-refractivity contribution is 5.81. The second-order valence-corrected chi connectivity index (χ2v) is 5.89. The van der Waals surface area contributed by atoms with Gasteiger partial charge in [0, 0.05) is 6.04 Å². The van der Waals surface area contributed by atoms with E-state index < -0.39 is 0 Å². The Bertz CT molecular complexity index is 778. The van der Waals surface area contributed by atoms with Crippen molar-refractivity contribution in [3.05, 3.63) is 39.3 Å². The molecule has 0 saturated carbocycles. The van der Waals surface area contributed by atoms with E-state index in [9.17, 15) is 9.59 Å². The summed E-state index contributed by atoms with van der Waals surface area (Å²) in [5.74, 6) is -0.151. The molecule has 1 atom stereocenters. The Balaban J connectivity index is 2.52. The zero-order valence-corrected chi connectivity index (χ0v) is 13.9. The molecular weight excluding hydrogens is 278 g/mol. The molecule has 0 aliphatic rings. The van der Waals surface area contributed by atoms with Crippen LogP contribution in [0.1, 0.15) is 37.1 Å². The quantitative estimate of drug-likeness (QED) is 0.942. The van der Waals surface area contributed by atoms with E-state index in [0.29, 0.717) is 11.2 Å². The molecule has 0 saturated heterocycles. The molecule has 1 heterocycles. The predicted molar refractivity (Wildman–Crippen MR) is 88.1 cm³/mol. The van der Waals surface area contributed by atoms with Crippen molar-refractivity contribution < 1.29 is 4.79 Å². The number of benzene rings is 1. The number of hydrogen-bond donors (Lipinski definition) is 1. The molecule has 2 aromatic rings. The molecule has 0 unspecified atom stereocenters. The summed E-state index contributed by atoms with van der Waals surface area (Å²) in [4.78, 5) is 28.9. The Morgan fingerprint density at radius 2 is 1.91 bits per heavy atom. The van der Waals surface area contributed by atoms with Gasteiger partial charge in [-0.2, -0.15) is 0 Å². The minimum absolute atomic E-state index is 0.0194. The maximum absolute atomic E-state index is 12.4. The SMILES string of the molecule is CC[C@@H](C)NC(=O)Cn1c(=O)c(C)nc2cc(C)c(C)cc21. The number of carbonyl (C=O) groups excluding carboxylic acids is 1. The molecule has 2 rings (SSSR count). The Kier molecular flexibility index (Phi) is 4.64. The third kappa shape index (κ3) is 3.18. The largest absolute Gasteiger partial charge is 0.352 e. The number of aromatic nitrogens is 2. The predicted octanol–water partition coefficient (Wildman–Crippen LogP) is 2.24. The van der Waals surface area contributed by atoms with Crippen LogP contribution in [0.15, 0.2) is 16.9 Å². The maximum Gasteiger partial charge on any atom is 0.272 e. The number of nitrogens with zero attached hydrogens (tertiary/aromatic N) is 2. The number of aryl methyl sites for hydroxylation is 3. The molecule has 0 aliphatic carbocycles. The van der Waals surface area contributed by atoms with Gasteiger partial charge in [0.15, 0.2) is 0 Å². The highest BCUT2D eigenvalue weighted by Crippen LogP contribution is 2.17. The average Bonchev–Trinajstić information content (AvgIpc) is 2.46. The fourth-order valence-corrected chi connectivity index (χ4v) is 2.35. The Labute approximate surface area is 130 Å². The lowest BCUT2D eigenvalue weighted by atomic mass is 10.1. The van der Waals surface area contributed by atoms with Crippen molar-refractivity contribution in [3.63, 3.8) is 0 Å². The van der Waals surface area contributed by atoms with Crippen molar-refractivity contribution >= 4 is 16.9 Å². The highest BCUT2D eigenvalue weighted by Gasteiger charge is 2.13. The first-order chi connectivity index (χ1) is 10.3. The number of rotatable bonds is 4. The zero-order valence-electron chi connectivity index (χ0n) is 13.9. The third-order valence-electron chi connectivity index (χ3n) is 4.05. The van der Waals surface area contributed by atoms with Crippen molar-refractivity contribution in [2.75, 3.05) is 0 Å². The molecule has 0 fully saturated rings. The van der Waals surface area contributed by atoms with E-state index in [0.717, 1.165) is 23.1 Å². The first kappa shape index (κ1) is 16.2. The van der Waals surface area contributed by atoms with E-state index in [-0.39, 0.29) is 24.1 Å². The van der Waals surface area contributed by atoms with Gasteiger partial charge in [-0.15, -0.1) is 0 Å². The summed E-state index contributed by atoms with van der Waals surface area (Å²) in [6.45, 7) is 9.66. The van der Waals surface area contributed by atoms with E-state index in [1.54, 1.807) is 6.92 Å². The van der Waals surface area contributed by atoms with E-state index in [2.05, 4.69) is 10.3 Å². The number of fused-ring (bicyclic) bond motifs is 1. The Morgan fingerprint density at radius 3 is 2.55 bits per heavy atom. The van der Waals surface area contributed by atoms with Gasteiger partial charge < -0.3 is 5.32 Å². The van der Waals surface area contributed by atoms with Gasteiger partial charge in [0.25, 0.3) is 5.56 Å². The topological polar surface area (TPSA) is 64.0 Å². The van der Waals surface area contributed by atoms with Crippen molar-refractivity contribution in [2.45, 2.75) is 53.6 Å². The zero-order chi connectivity index (χ0) is 16.4. The van der Waals surface area contributed by atoms with Crippen LogP contribution in [-0.2, 0) is 11.3 Å². The van der Waals surface area contributed by atoms with Crippen LogP contribution in [0.2, 0.25) is 0 Å². The molecule has 1 aromatic carbocycles. The van der Waals surface area contributed by atoms with Gasteiger partial charge in [0.05, 0.1) is 11.0 Å². The first-order valence-corrected chi connectivity index (χ1v) is 7.61. The minimum Gasteiger partial charge on any atom is -0.352 e. The Hall–Kier alpha value is -2.17. The van der Waals surface area contributed by atoms with Crippen LogP contribution >= 0.6 is 0 Å². The van der Waals surface area contributed by atoms with Gasteiger partial charge in [-0.25, -0.2) is 4.98 Å². The van der Waals surface area contributed by atoms with Crippen LogP contribution < -0.4 is 10.9 Å². The highest BCUT2D eigenvalue weighted by atomic mass is 16.2. The molecule has 5 nitrogen and oxygen atoms in total. The average molecular weight is 301 g/mol. The van der Waals surface area contributed by atoms with Crippen molar-refractivity contribution in [1.29, 1.82) is 0 Å². The van der Waals surface area contributed by atoms with Crippen LogP contribution in [0, 0.1) is 20.8 Å². The molecule has 1 N–H and O–H groups in total. The van der Waals surface area contributed by atoms with E-state index >= 15 is 0 Å². The summed E-state index contributed by atoms with van der Waals surface area (Å²) in [5, 5.41) is 2.90. The second-order valence-electron chi connectivity index (χ2n) is 5.89. The Morgan fingerprint density at radius 1 is 1.27 bits per heavy atom. The summed E-state index contributed by atoms with van der Waals surface area (Å²) < 4.78 is 1.52. The standard InChI is InChI=1S/C17H23N3O2/c1-6-12(4)18-16(21)9-20-15-8-11(3)10(2)7-14(15)19-13(5)17(20)22/h7-8,12H,6,9H2,1-5H3,(H,18,21)/t12-/m1/s1. The fourth-order valence-electron chi connectivity index (χ4n) is 2.35. The van der Waals surface area contributed by atoms with Gasteiger partial charge in [0.2, 0.25) is 5.91 Å². The number of hydrogen-bond acceptors (Lipinski definition) is 3. The molecule has 0 radical (unpaired) electrons. The molecule has 1 aromatic heterocycles. The van der Waals surface area contributed by atoms with Crippen molar-refractivity contribution in [1.82, 2.24) is 14.9 Å². The lowest BCUT2D eigenvalue weighted by Gasteiger charge is -2.15. The van der Waals surface area contributed by atoms with Crippen LogP contribution in [-0.4, -0.2) is 21.5 Å². The number of nitrogens with one attached hydrogen (secondary N) is 1. The normalized spacial score (nSPS) is 12.4. The van der Waals surface area contributed by atoms with E-state index in [4.69, 9.17) is 0 Å². The van der Waals surface area contributed by atoms with Gasteiger partial charge >= 0.3 is 0 Å². The van der Waals surface area contributed by atoms with E-state index in [1.165, 1.54) is 4.57 Å². The van der Waals surface area contributed by atoms with E-state index in [1.807, 2.05) is 39.8 Å². The van der Waals surface area contributed by atoms with Gasteiger partial charge in [-0.05, 0) is 57.4 Å². The fraction of sp³-hybridized carbons (Fsp3) is 0.471. The van der Waals surface area contributed by atoms with Crippen LogP contribution in [0.5, 0.6) is 0 Å². The molecular formula is C17H23N3O2. The summed E-state index contributed by atoms with van der Waals surface area (Å²) in [6, 6.07) is 3.98. The summed E-state index contributed by atoms with van der Waals surface area (Å²) in [6.07, 6.45) is 0.856. The molecule has 118 valence electrons. The second kappa shape index (κ2) is 6.30. The van der Waals surface area contributed by atoms with Crippen LogP contribution in [0.3, 0.4) is 0 Å². The lowest BCUT2D eigenvalue weighted by molar-refractivity contribution is -0.122. The number of amides is 1. The minimum atomic E-state index is -0.213. The van der Waals surface area contributed by atoms with Crippen molar-refractivity contribution in [2.24, 2.45) is 0 Å². The first-order valence-electron chi connectivity index (χ1n) is 7.61. The molecule has 22 heavy (non-hydrogen) atoms.